The number of aromatic amines is 1. The van der Waals surface area contributed by atoms with Gasteiger partial charge in [0, 0.05) is 32.7 Å². The molecule has 0 saturated carbocycles. The molecule has 4 aromatic rings. The molecule has 0 atom stereocenters. The van der Waals surface area contributed by atoms with Gasteiger partial charge < -0.3 is 14.6 Å². The number of hydrogen-bond donors (Lipinski definition) is 1. The molecule has 0 fully saturated rings. The van der Waals surface area contributed by atoms with Gasteiger partial charge in [0.05, 0.1) is 13.7 Å². The summed E-state index contributed by atoms with van der Waals surface area (Å²) < 4.78 is 5.28. The minimum atomic E-state index is -0.238. The number of nitrogens with zero attached hydrogens (tertiary/aromatic N) is 1. The molecule has 5 nitrogen and oxygen atoms in total. The summed E-state index contributed by atoms with van der Waals surface area (Å²) in [4.78, 5) is 30.5. The normalized spacial score (nSPS) is 10.7. The maximum Gasteiger partial charge on any atom is 0.258 e. The number of para-hydroxylation sites is 1. The number of nitrogens with one attached hydrogen (secondary N) is 1. The van der Waals surface area contributed by atoms with Crippen LogP contribution in [0.3, 0.4) is 0 Å². The first-order chi connectivity index (χ1) is 14.5. The molecule has 6 heteroatoms. The van der Waals surface area contributed by atoms with Crippen LogP contribution < -0.4 is 15.2 Å². The van der Waals surface area contributed by atoms with Gasteiger partial charge in [-0.1, -0.05) is 29.8 Å². The van der Waals surface area contributed by atoms with Crippen molar-refractivity contribution in [3.63, 3.8) is 0 Å². The molecule has 0 aliphatic heterocycles. The second-order valence-corrected chi connectivity index (χ2v) is 7.25. The summed E-state index contributed by atoms with van der Waals surface area (Å²) in [6, 6.07) is 23.2. The molecule has 0 aliphatic rings. The minimum Gasteiger partial charge on any atom is -0.497 e. The van der Waals surface area contributed by atoms with Gasteiger partial charge in [0.25, 0.3) is 11.5 Å². The number of carbonyl (C=O) groups excluding carboxylic acids is 1. The summed E-state index contributed by atoms with van der Waals surface area (Å²) in [7, 11) is 1.59. The van der Waals surface area contributed by atoms with Crippen LogP contribution in [0.15, 0.2) is 83.7 Å². The number of aromatic nitrogens is 1. The smallest absolute Gasteiger partial charge is 0.258 e. The number of fused-ring (bicyclic) bond motifs is 1. The number of halogens is 1. The Morgan fingerprint density at radius 3 is 2.43 bits per heavy atom. The average molecular weight is 419 g/mol. The van der Waals surface area contributed by atoms with Gasteiger partial charge in [0.1, 0.15) is 5.75 Å². The number of benzene rings is 3. The van der Waals surface area contributed by atoms with Crippen LogP contribution in [0.2, 0.25) is 5.02 Å². The Morgan fingerprint density at radius 1 is 1.00 bits per heavy atom. The van der Waals surface area contributed by atoms with Crippen LogP contribution in [0.25, 0.3) is 10.9 Å². The van der Waals surface area contributed by atoms with Crippen LogP contribution in [0.5, 0.6) is 5.75 Å². The molecule has 0 bridgehead atoms. The topological polar surface area (TPSA) is 62.4 Å². The molecule has 150 valence electrons. The Hall–Kier alpha value is -3.57. The van der Waals surface area contributed by atoms with E-state index in [0.29, 0.717) is 33.1 Å². The molecular formula is C24H19ClN2O3. The third kappa shape index (κ3) is 4.07. The number of hydrogen-bond acceptors (Lipinski definition) is 3. The highest BCUT2D eigenvalue weighted by Gasteiger charge is 2.20. The molecule has 4 rings (SSSR count). The summed E-state index contributed by atoms with van der Waals surface area (Å²) in [6.45, 7) is 0.119. The molecule has 0 saturated heterocycles. The van der Waals surface area contributed by atoms with Crippen LogP contribution in [-0.4, -0.2) is 18.0 Å². The predicted octanol–water partition coefficient (Wildman–Crippen LogP) is 5.04. The van der Waals surface area contributed by atoms with E-state index in [2.05, 4.69) is 4.98 Å². The van der Waals surface area contributed by atoms with Crippen molar-refractivity contribution in [1.82, 2.24) is 4.98 Å². The molecule has 1 N–H and O–H groups in total. The Labute approximate surface area is 178 Å². The number of ether oxygens (including phenoxy) is 1. The predicted molar refractivity (Wildman–Crippen MR) is 120 cm³/mol. The van der Waals surface area contributed by atoms with Gasteiger partial charge >= 0.3 is 0 Å². The first-order valence-electron chi connectivity index (χ1n) is 9.37. The van der Waals surface area contributed by atoms with Crippen molar-refractivity contribution in [3.8, 4) is 5.75 Å². The number of rotatable bonds is 5. The highest BCUT2D eigenvalue weighted by atomic mass is 35.5. The van der Waals surface area contributed by atoms with Gasteiger partial charge in [-0.25, -0.2) is 0 Å². The van der Waals surface area contributed by atoms with Crippen molar-refractivity contribution in [1.29, 1.82) is 0 Å². The Balaban J connectivity index is 1.76. The number of H-pyrrole nitrogens is 1. The van der Waals surface area contributed by atoms with Crippen molar-refractivity contribution in [3.05, 3.63) is 105 Å². The second kappa shape index (κ2) is 8.43. The summed E-state index contributed by atoms with van der Waals surface area (Å²) in [5.74, 6) is 0.473. The molecule has 1 aromatic heterocycles. The van der Waals surface area contributed by atoms with Gasteiger partial charge in [0.2, 0.25) is 0 Å². The lowest BCUT2D eigenvalue weighted by Gasteiger charge is -2.23. The molecule has 1 heterocycles. The first-order valence-corrected chi connectivity index (χ1v) is 9.75. The lowest BCUT2D eigenvalue weighted by Crippen LogP contribution is -2.32. The van der Waals surface area contributed by atoms with Gasteiger partial charge in [-0.2, -0.15) is 0 Å². The van der Waals surface area contributed by atoms with Gasteiger partial charge in [-0.3, -0.25) is 9.59 Å². The van der Waals surface area contributed by atoms with Crippen molar-refractivity contribution in [2.75, 3.05) is 12.0 Å². The summed E-state index contributed by atoms with van der Waals surface area (Å²) in [5, 5.41) is 1.38. The highest BCUT2D eigenvalue weighted by molar-refractivity contribution is 6.30. The van der Waals surface area contributed by atoms with E-state index < -0.39 is 0 Å². The van der Waals surface area contributed by atoms with Gasteiger partial charge in [0.15, 0.2) is 0 Å². The molecule has 1 amide bonds. The average Bonchev–Trinajstić information content (AvgIpc) is 2.78. The molecule has 0 aliphatic carbocycles. The van der Waals surface area contributed by atoms with E-state index in [1.165, 1.54) is 0 Å². The van der Waals surface area contributed by atoms with Crippen LogP contribution in [0.1, 0.15) is 15.9 Å². The van der Waals surface area contributed by atoms with Crippen molar-refractivity contribution in [2.24, 2.45) is 0 Å². The Bertz CT molecular complexity index is 1250. The Morgan fingerprint density at radius 2 is 1.73 bits per heavy atom. The standard InChI is InChI=1S/C24H19ClN2O3/c1-30-21-11-12-22-17(14-21)13-18(23(28)26-22)15-27(20-5-3-2-4-6-20)24(29)16-7-9-19(25)10-8-16/h2-14H,15H2,1H3,(H,26,28). The molecule has 3 aromatic carbocycles. The zero-order valence-electron chi connectivity index (χ0n) is 16.3. The fraction of sp³-hybridized carbons (Fsp3) is 0.0833. The Kier molecular flexibility index (Phi) is 5.55. The van der Waals surface area contributed by atoms with Crippen molar-refractivity contribution in [2.45, 2.75) is 6.54 Å². The number of anilines is 1. The van der Waals surface area contributed by atoms with E-state index in [0.717, 1.165) is 5.39 Å². The molecule has 0 unspecified atom stereocenters. The second-order valence-electron chi connectivity index (χ2n) is 6.81. The number of amides is 1. The van der Waals surface area contributed by atoms with E-state index in [4.69, 9.17) is 16.3 Å². The summed E-state index contributed by atoms with van der Waals surface area (Å²) in [5.41, 5.74) is 2.13. The molecular weight excluding hydrogens is 400 g/mol. The van der Waals surface area contributed by atoms with E-state index >= 15 is 0 Å². The maximum atomic E-state index is 13.3. The zero-order chi connectivity index (χ0) is 21.1. The zero-order valence-corrected chi connectivity index (χ0v) is 17.0. The number of carbonyl (C=O) groups is 1. The summed E-state index contributed by atoms with van der Waals surface area (Å²) in [6.07, 6.45) is 0. The van der Waals surface area contributed by atoms with Crippen LogP contribution >= 0.6 is 11.6 Å². The fourth-order valence-corrected chi connectivity index (χ4v) is 3.41. The van der Waals surface area contributed by atoms with Crippen molar-refractivity contribution < 1.29 is 9.53 Å². The SMILES string of the molecule is COc1ccc2[nH]c(=O)c(CN(C(=O)c3ccc(Cl)cc3)c3ccccc3)cc2c1. The summed E-state index contributed by atoms with van der Waals surface area (Å²) >= 11 is 5.96. The maximum absolute atomic E-state index is 13.3. The fourth-order valence-electron chi connectivity index (χ4n) is 3.28. The third-order valence-corrected chi connectivity index (χ3v) is 5.11. The quantitative estimate of drug-likeness (QED) is 0.494. The van der Waals surface area contributed by atoms with E-state index in [1.807, 2.05) is 36.4 Å². The van der Waals surface area contributed by atoms with Crippen LogP contribution in [0.4, 0.5) is 5.69 Å². The van der Waals surface area contributed by atoms with Crippen LogP contribution in [-0.2, 0) is 6.54 Å². The number of pyridine rings is 1. The monoisotopic (exact) mass is 418 g/mol. The highest BCUT2D eigenvalue weighted by Crippen LogP contribution is 2.23. The minimum absolute atomic E-state index is 0.119. The first kappa shape index (κ1) is 19.7. The van der Waals surface area contributed by atoms with Crippen molar-refractivity contribution >= 4 is 34.1 Å². The molecule has 0 radical (unpaired) electrons. The van der Waals surface area contributed by atoms with Gasteiger partial charge in [-0.15, -0.1) is 0 Å². The largest absolute Gasteiger partial charge is 0.497 e. The molecule has 30 heavy (non-hydrogen) atoms. The lowest BCUT2D eigenvalue weighted by molar-refractivity contribution is 0.0985. The van der Waals surface area contributed by atoms with Crippen LogP contribution in [0, 0.1) is 0 Å². The third-order valence-electron chi connectivity index (χ3n) is 4.86. The number of methoxy groups -OCH3 is 1. The lowest BCUT2D eigenvalue weighted by atomic mass is 10.1. The molecule has 0 spiro atoms. The van der Waals surface area contributed by atoms with E-state index in [-0.39, 0.29) is 18.0 Å². The van der Waals surface area contributed by atoms with Gasteiger partial charge in [-0.05, 0) is 60.7 Å². The van der Waals surface area contributed by atoms with E-state index in [9.17, 15) is 9.59 Å². The van der Waals surface area contributed by atoms with E-state index in [1.54, 1.807) is 54.5 Å².